The van der Waals surface area contributed by atoms with Crippen molar-refractivity contribution < 1.29 is 19.5 Å². The first kappa shape index (κ1) is 13.4. The Bertz CT molecular complexity index is 573. The quantitative estimate of drug-likeness (QED) is 0.768. The molecule has 4 N–H and O–H groups in total. The maximum Gasteiger partial charge on any atom is 0.307 e. The minimum absolute atomic E-state index is 0.135. The molecule has 1 aromatic carbocycles. The van der Waals surface area contributed by atoms with Crippen LogP contribution in [0.15, 0.2) is 18.2 Å². The summed E-state index contributed by atoms with van der Waals surface area (Å²) in [6.07, 6.45) is 0.342. The van der Waals surface area contributed by atoms with Gasteiger partial charge in [-0.25, -0.2) is 0 Å². The van der Waals surface area contributed by atoms with E-state index in [-0.39, 0.29) is 16.5 Å². The van der Waals surface area contributed by atoms with Crippen LogP contribution >= 0.6 is 11.6 Å². The topological polar surface area (TPSA) is 109 Å². The second-order valence-corrected chi connectivity index (χ2v) is 4.74. The number of carbonyl (C=O) groups is 3. The largest absolute Gasteiger partial charge is 0.481 e. The van der Waals surface area contributed by atoms with Crippen LogP contribution in [0, 0.1) is 11.8 Å². The van der Waals surface area contributed by atoms with Crippen LogP contribution in [0.2, 0.25) is 5.02 Å². The Labute approximate surface area is 113 Å². The second kappa shape index (κ2) is 4.89. The van der Waals surface area contributed by atoms with Crippen molar-refractivity contribution in [3.05, 3.63) is 28.8 Å². The summed E-state index contributed by atoms with van der Waals surface area (Å²) in [5.41, 5.74) is 5.66. The number of halogens is 1. The molecule has 0 radical (unpaired) electrons. The highest BCUT2D eigenvalue weighted by Crippen LogP contribution is 2.39. The Hall–Kier alpha value is -2.08. The van der Waals surface area contributed by atoms with Crippen molar-refractivity contribution in [2.24, 2.45) is 17.6 Å². The molecule has 0 saturated heterocycles. The zero-order chi connectivity index (χ0) is 14.2. The number of carboxylic acids is 1. The summed E-state index contributed by atoms with van der Waals surface area (Å²) >= 11 is 5.84. The summed E-state index contributed by atoms with van der Waals surface area (Å²) in [6.45, 7) is 0. The monoisotopic (exact) mass is 282 g/mol. The third kappa shape index (κ3) is 2.85. The summed E-state index contributed by atoms with van der Waals surface area (Å²) in [6, 6.07) is 4.29. The van der Waals surface area contributed by atoms with Gasteiger partial charge < -0.3 is 16.2 Å². The number of carbonyl (C=O) groups excluding carboxylic acids is 2. The van der Waals surface area contributed by atoms with Crippen LogP contribution in [-0.2, 0) is 9.59 Å². The van der Waals surface area contributed by atoms with Crippen LogP contribution < -0.4 is 11.1 Å². The summed E-state index contributed by atoms with van der Waals surface area (Å²) in [4.78, 5) is 33.3. The van der Waals surface area contributed by atoms with E-state index in [1.807, 2.05) is 0 Å². The molecular weight excluding hydrogens is 272 g/mol. The van der Waals surface area contributed by atoms with Crippen molar-refractivity contribution in [2.75, 3.05) is 5.32 Å². The summed E-state index contributed by atoms with van der Waals surface area (Å²) < 4.78 is 0. The molecule has 6 nitrogen and oxygen atoms in total. The zero-order valence-corrected chi connectivity index (χ0v) is 10.5. The molecule has 0 heterocycles. The van der Waals surface area contributed by atoms with Gasteiger partial charge >= 0.3 is 5.97 Å². The molecule has 100 valence electrons. The minimum atomic E-state index is -0.970. The number of nitrogens with one attached hydrogen (secondary N) is 1. The molecule has 0 spiro atoms. The van der Waals surface area contributed by atoms with E-state index in [4.69, 9.17) is 22.4 Å². The summed E-state index contributed by atoms with van der Waals surface area (Å²) in [7, 11) is 0. The maximum absolute atomic E-state index is 11.7. The number of hydrogen-bond donors (Lipinski definition) is 3. The first-order valence-electron chi connectivity index (χ1n) is 5.53. The third-order valence-corrected chi connectivity index (χ3v) is 3.26. The van der Waals surface area contributed by atoms with Crippen molar-refractivity contribution in [1.29, 1.82) is 0 Å². The van der Waals surface area contributed by atoms with Gasteiger partial charge in [-0.2, -0.15) is 0 Å². The van der Waals surface area contributed by atoms with E-state index in [0.29, 0.717) is 12.1 Å². The lowest BCUT2D eigenvalue weighted by Crippen LogP contribution is -2.17. The van der Waals surface area contributed by atoms with Crippen LogP contribution in [0.5, 0.6) is 0 Å². The molecule has 2 atom stereocenters. The van der Waals surface area contributed by atoms with E-state index >= 15 is 0 Å². The number of benzene rings is 1. The molecular formula is C12H11ClN2O4. The lowest BCUT2D eigenvalue weighted by molar-refractivity contribution is -0.139. The molecule has 7 heteroatoms. The number of primary amides is 1. The van der Waals surface area contributed by atoms with Crippen molar-refractivity contribution in [1.82, 2.24) is 0 Å². The highest BCUT2D eigenvalue weighted by Gasteiger charge is 2.48. The van der Waals surface area contributed by atoms with Gasteiger partial charge in [0.15, 0.2) is 0 Å². The Balaban J connectivity index is 2.04. The molecule has 1 aromatic rings. The second-order valence-electron chi connectivity index (χ2n) is 4.34. The molecule has 0 aromatic heterocycles. The van der Waals surface area contributed by atoms with E-state index in [9.17, 15) is 14.4 Å². The van der Waals surface area contributed by atoms with E-state index in [1.165, 1.54) is 18.2 Å². The number of aliphatic carboxylic acids is 1. The number of anilines is 1. The predicted octanol–water partition coefficient (Wildman–Crippen LogP) is 1.10. The molecule has 1 aliphatic rings. The number of carboxylic acid groups (broad SMARTS) is 1. The maximum atomic E-state index is 11.7. The van der Waals surface area contributed by atoms with Crippen LogP contribution in [-0.4, -0.2) is 22.9 Å². The van der Waals surface area contributed by atoms with Gasteiger partial charge in [0, 0.05) is 5.69 Å². The van der Waals surface area contributed by atoms with E-state index < -0.39 is 23.7 Å². The molecule has 0 bridgehead atoms. The average Bonchev–Trinajstić information content (AvgIpc) is 3.08. The summed E-state index contributed by atoms with van der Waals surface area (Å²) in [5.74, 6) is -3.11. The van der Waals surface area contributed by atoms with Crippen molar-refractivity contribution >= 4 is 35.1 Å². The molecule has 2 amide bonds. The first-order valence-corrected chi connectivity index (χ1v) is 5.91. The fourth-order valence-electron chi connectivity index (χ4n) is 1.79. The third-order valence-electron chi connectivity index (χ3n) is 2.95. The lowest BCUT2D eigenvalue weighted by Gasteiger charge is -2.06. The van der Waals surface area contributed by atoms with Gasteiger partial charge in [0.25, 0.3) is 0 Å². The van der Waals surface area contributed by atoms with Crippen LogP contribution in [0.4, 0.5) is 5.69 Å². The normalized spacial score (nSPS) is 20.7. The smallest absolute Gasteiger partial charge is 0.307 e. The number of nitrogens with two attached hydrogens (primary N) is 1. The standard InChI is InChI=1S/C12H11ClN2O4/c13-9-3-5(1-2-6(9)10(14)16)15-11(17)7-4-8(7)12(18)19/h1-3,7-8H,4H2,(H2,14,16)(H,15,17)(H,18,19). The van der Waals surface area contributed by atoms with Gasteiger partial charge in [0.05, 0.1) is 22.4 Å². The SMILES string of the molecule is NC(=O)c1ccc(NC(=O)C2CC2C(=O)O)cc1Cl. The number of hydrogen-bond acceptors (Lipinski definition) is 3. The number of amides is 2. The summed E-state index contributed by atoms with van der Waals surface area (Å²) in [5, 5.41) is 11.4. The fourth-order valence-corrected chi connectivity index (χ4v) is 2.06. The van der Waals surface area contributed by atoms with Crippen LogP contribution in [0.1, 0.15) is 16.8 Å². The molecule has 0 aliphatic heterocycles. The van der Waals surface area contributed by atoms with Crippen LogP contribution in [0.25, 0.3) is 0 Å². The molecule has 2 rings (SSSR count). The fraction of sp³-hybridized carbons (Fsp3) is 0.250. The highest BCUT2D eigenvalue weighted by atomic mass is 35.5. The van der Waals surface area contributed by atoms with Crippen molar-refractivity contribution in [3.63, 3.8) is 0 Å². The van der Waals surface area contributed by atoms with Crippen LogP contribution in [0.3, 0.4) is 0 Å². The van der Waals surface area contributed by atoms with E-state index in [2.05, 4.69) is 5.32 Å². The number of rotatable bonds is 4. The predicted molar refractivity (Wildman–Crippen MR) is 67.8 cm³/mol. The first-order chi connectivity index (χ1) is 8.90. The van der Waals surface area contributed by atoms with Gasteiger partial charge in [-0.05, 0) is 24.6 Å². The molecule has 1 aliphatic carbocycles. The van der Waals surface area contributed by atoms with Gasteiger partial charge in [-0.15, -0.1) is 0 Å². The van der Waals surface area contributed by atoms with Gasteiger partial charge in [-0.1, -0.05) is 11.6 Å². The van der Waals surface area contributed by atoms with Gasteiger partial charge in [0.2, 0.25) is 11.8 Å². The average molecular weight is 283 g/mol. The van der Waals surface area contributed by atoms with E-state index in [1.54, 1.807) is 0 Å². The molecule has 1 fully saturated rings. The van der Waals surface area contributed by atoms with E-state index in [0.717, 1.165) is 0 Å². The Morgan fingerprint density at radius 3 is 2.47 bits per heavy atom. The molecule has 19 heavy (non-hydrogen) atoms. The molecule has 2 unspecified atom stereocenters. The Kier molecular flexibility index (Phi) is 3.44. The van der Waals surface area contributed by atoms with Crippen molar-refractivity contribution in [3.8, 4) is 0 Å². The Morgan fingerprint density at radius 1 is 1.32 bits per heavy atom. The van der Waals surface area contributed by atoms with Gasteiger partial charge in [-0.3, -0.25) is 14.4 Å². The Morgan fingerprint density at radius 2 is 2.00 bits per heavy atom. The highest BCUT2D eigenvalue weighted by molar-refractivity contribution is 6.34. The van der Waals surface area contributed by atoms with Crippen molar-refractivity contribution in [2.45, 2.75) is 6.42 Å². The van der Waals surface area contributed by atoms with Gasteiger partial charge in [0.1, 0.15) is 0 Å². The molecule has 1 saturated carbocycles. The lowest BCUT2D eigenvalue weighted by atomic mass is 10.2. The minimum Gasteiger partial charge on any atom is -0.481 e. The zero-order valence-electron chi connectivity index (χ0n) is 9.72.